The lowest BCUT2D eigenvalue weighted by atomic mass is 10.1. The Bertz CT molecular complexity index is 1050. The number of carbonyl (C=O) groups is 1. The molecular weight excluding hydrogens is 467 g/mol. The number of fused-ring (bicyclic) bond motifs is 1. The molecule has 3 aromatic rings. The molecular formula is C24H27Cl3N4O. The number of hydrogen-bond acceptors (Lipinski definition) is 4. The van der Waals surface area contributed by atoms with Gasteiger partial charge in [-0.2, -0.15) is 0 Å². The Morgan fingerprint density at radius 3 is 2.50 bits per heavy atom. The van der Waals surface area contributed by atoms with Gasteiger partial charge in [-0.3, -0.25) is 14.7 Å². The Balaban J connectivity index is 0.00000289. The molecule has 1 N–H and O–H groups in total. The van der Waals surface area contributed by atoms with Gasteiger partial charge in [0.15, 0.2) is 0 Å². The Kier molecular flexibility index (Phi) is 9.00. The molecule has 32 heavy (non-hydrogen) atoms. The van der Waals surface area contributed by atoms with Gasteiger partial charge in [-0.05, 0) is 43.0 Å². The van der Waals surface area contributed by atoms with Crippen LogP contribution in [0.3, 0.4) is 0 Å². The monoisotopic (exact) mass is 492 g/mol. The Hall–Kier alpha value is -2.05. The van der Waals surface area contributed by atoms with Gasteiger partial charge in [0.05, 0.1) is 15.7 Å². The number of rotatable bonds is 7. The van der Waals surface area contributed by atoms with E-state index in [1.807, 2.05) is 48.5 Å². The molecule has 0 radical (unpaired) electrons. The second kappa shape index (κ2) is 11.7. The van der Waals surface area contributed by atoms with Crippen molar-refractivity contribution in [2.24, 2.45) is 0 Å². The molecule has 2 aromatic carbocycles. The van der Waals surface area contributed by atoms with E-state index in [0.29, 0.717) is 22.3 Å². The van der Waals surface area contributed by atoms with E-state index in [0.717, 1.165) is 62.0 Å². The summed E-state index contributed by atoms with van der Waals surface area (Å²) in [7, 11) is 0. The number of unbranched alkanes of at least 4 members (excludes halogenated alkanes) is 1. The molecule has 0 aliphatic carbocycles. The lowest BCUT2D eigenvalue weighted by Gasteiger charge is -2.36. The zero-order valence-corrected chi connectivity index (χ0v) is 20.1. The van der Waals surface area contributed by atoms with Crippen LogP contribution in [0.4, 0.5) is 5.69 Å². The molecule has 1 amide bonds. The van der Waals surface area contributed by atoms with Crippen molar-refractivity contribution in [1.82, 2.24) is 15.2 Å². The predicted octanol–water partition coefficient (Wildman–Crippen LogP) is 5.30. The second-order valence-corrected chi connectivity index (χ2v) is 8.57. The largest absolute Gasteiger partial charge is 0.368 e. The van der Waals surface area contributed by atoms with Gasteiger partial charge in [0.25, 0.3) is 5.91 Å². The minimum atomic E-state index is -0.113. The first kappa shape index (κ1) is 24.6. The molecule has 0 bridgehead atoms. The fourth-order valence-electron chi connectivity index (χ4n) is 3.91. The number of halogens is 3. The summed E-state index contributed by atoms with van der Waals surface area (Å²) >= 11 is 12.5. The molecule has 8 heteroatoms. The summed E-state index contributed by atoms with van der Waals surface area (Å²) in [6.45, 7) is 5.55. The third-order valence-corrected chi connectivity index (χ3v) is 6.50. The number of nitrogens with one attached hydrogen (secondary N) is 1. The van der Waals surface area contributed by atoms with E-state index in [4.69, 9.17) is 23.2 Å². The van der Waals surface area contributed by atoms with Crippen LogP contribution in [0.2, 0.25) is 10.0 Å². The van der Waals surface area contributed by atoms with Crippen LogP contribution in [0, 0.1) is 0 Å². The Labute approximate surface area is 205 Å². The Morgan fingerprint density at radius 2 is 1.72 bits per heavy atom. The van der Waals surface area contributed by atoms with Crippen LogP contribution >= 0.6 is 35.6 Å². The maximum Gasteiger partial charge on any atom is 0.269 e. The van der Waals surface area contributed by atoms with Crippen molar-refractivity contribution in [2.75, 3.05) is 44.2 Å². The molecule has 170 valence electrons. The lowest BCUT2D eigenvalue weighted by molar-refractivity contribution is 0.0947. The third-order valence-electron chi connectivity index (χ3n) is 5.69. The summed E-state index contributed by atoms with van der Waals surface area (Å²) in [6.07, 6.45) is 3.74. The van der Waals surface area contributed by atoms with E-state index in [1.54, 1.807) is 6.20 Å². The average molecular weight is 494 g/mol. The van der Waals surface area contributed by atoms with Crippen molar-refractivity contribution in [3.05, 3.63) is 70.5 Å². The first-order valence-electron chi connectivity index (χ1n) is 10.7. The highest BCUT2D eigenvalue weighted by Crippen LogP contribution is 2.32. The van der Waals surface area contributed by atoms with Crippen LogP contribution < -0.4 is 10.2 Å². The van der Waals surface area contributed by atoms with E-state index in [-0.39, 0.29) is 18.3 Å². The van der Waals surface area contributed by atoms with Crippen LogP contribution in [0.25, 0.3) is 10.8 Å². The molecule has 0 atom stereocenters. The molecule has 5 nitrogen and oxygen atoms in total. The minimum Gasteiger partial charge on any atom is -0.368 e. The quantitative estimate of drug-likeness (QED) is 0.454. The van der Waals surface area contributed by atoms with Gasteiger partial charge >= 0.3 is 0 Å². The van der Waals surface area contributed by atoms with Crippen molar-refractivity contribution in [1.29, 1.82) is 0 Å². The molecule has 1 fully saturated rings. The number of carbonyl (C=O) groups excluding carboxylic acids is 1. The van der Waals surface area contributed by atoms with Gasteiger partial charge in [0, 0.05) is 44.3 Å². The molecule has 1 saturated heterocycles. The maximum absolute atomic E-state index is 12.4. The van der Waals surface area contributed by atoms with Crippen molar-refractivity contribution >= 4 is 58.0 Å². The van der Waals surface area contributed by atoms with Gasteiger partial charge in [-0.15, -0.1) is 12.4 Å². The predicted molar refractivity (Wildman–Crippen MR) is 136 cm³/mol. The molecule has 0 spiro atoms. The summed E-state index contributed by atoms with van der Waals surface area (Å²) < 4.78 is 0. The zero-order chi connectivity index (χ0) is 21.6. The number of amides is 1. The summed E-state index contributed by atoms with van der Waals surface area (Å²) in [5, 5.41) is 6.29. The van der Waals surface area contributed by atoms with Gasteiger partial charge < -0.3 is 10.2 Å². The highest BCUT2D eigenvalue weighted by atomic mass is 35.5. The highest BCUT2D eigenvalue weighted by Gasteiger charge is 2.19. The highest BCUT2D eigenvalue weighted by molar-refractivity contribution is 6.43. The van der Waals surface area contributed by atoms with Crippen molar-refractivity contribution in [3.63, 3.8) is 0 Å². The number of anilines is 1. The van der Waals surface area contributed by atoms with Crippen LogP contribution in [-0.4, -0.2) is 55.1 Å². The number of hydrogen-bond donors (Lipinski definition) is 1. The van der Waals surface area contributed by atoms with Crippen LogP contribution in [-0.2, 0) is 0 Å². The van der Waals surface area contributed by atoms with Crippen molar-refractivity contribution in [2.45, 2.75) is 12.8 Å². The fourth-order valence-corrected chi connectivity index (χ4v) is 4.32. The number of piperazine rings is 1. The second-order valence-electron chi connectivity index (χ2n) is 7.78. The topological polar surface area (TPSA) is 48.5 Å². The standard InChI is InChI=1S/C24H26Cl2N4O.ClH/c25-20-8-5-9-22(23(20)26)30-14-12-29(13-15-30)11-4-3-10-27-24(31)21-16-18-6-1-2-7-19(18)17-28-21;/h1-2,5-9,16-17H,3-4,10-15H2,(H,27,31);1H. The summed E-state index contributed by atoms with van der Waals surface area (Å²) in [4.78, 5) is 21.4. The van der Waals surface area contributed by atoms with E-state index < -0.39 is 0 Å². The van der Waals surface area contributed by atoms with Gasteiger partial charge in [0.1, 0.15) is 5.69 Å². The maximum atomic E-state index is 12.4. The van der Waals surface area contributed by atoms with Crippen molar-refractivity contribution in [3.8, 4) is 0 Å². The van der Waals surface area contributed by atoms with E-state index in [2.05, 4.69) is 20.1 Å². The van der Waals surface area contributed by atoms with Crippen molar-refractivity contribution < 1.29 is 4.79 Å². The van der Waals surface area contributed by atoms with E-state index >= 15 is 0 Å². The first-order valence-corrected chi connectivity index (χ1v) is 11.4. The van der Waals surface area contributed by atoms with Gasteiger partial charge in [0.2, 0.25) is 0 Å². The SMILES string of the molecule is Cl.O=C(NCCCCN1CCN(c2cccc(Cl)c2Cl)CC1)c1cc2ccccc2cn1. The fraction of sp³-hybridized carbons (Fsp3) is 0.333. The lowest BCUT2D eigenvalue weighted by Crippen LogP contribution is -2.46. The molecule has 1 aromatic heterocycles. The number of nitrogens with zero attached hydrogens (tertiary/aromatic N) is 3. The normalized spacial score (nSPS) is 14.2. The number of pyridine rings is 1. The molecule has 1 aliphatic rings. The third kappa shape index (κ3) is 6.04. The molecule has 0 saturated carbocycles. The smallest absolute Gasteiger partial charge is 0.269 e. The van der Waals surface area contributed by atoms with Crippen LogP contribution in [0.1, 0.15) is 23.3 Å². The van der Waals surface area contributed by atoms with Gasteiger partial charge in [-0.25, -0.2) is 0 Å². The average Bonchev–Trinajstić information content (AvgIpc) is 2.80. The molecule has 4 rings (SSSR count). The van der Waals surface area contributed by atoms with Crippen LogP contribution in [0.15, 0.2) is 54.7 Å². The zero-order valence-electron chi connectivity index (χ0n) is 17.8. The Morgan fingerprint density at radius 1 is 0.969 bits per heavy atom. The molecule has 2 heterocycles. The number of aromatic nitrogens is 1. The summed E-state index contributed by atoms with van der Waals surface area (Å²) in [5.74, 6) is -0.113. The summed E-state index contributed by atoms with van der Waals surface area (Å²) in [6, 6.07) is 15.5. The molecule has 0 unspecified atom stereocenters. The number of benzene rings is 2. The minimum absolute atomic E-state index is 0. The molecule has 1 aliphatic heterocycles. The first-order chi connectivity index (χ1) is 15.1. The van der Waals surface area contributed by atoms with E-state index in [9.17, 15) is 4.79 Å². The van der Waals surface area contributed by atoms with Gasteiger partial charge in [-0.1, -0.05) is 53.5 Å². The van der Waals surface area contributed by atoms with Crippen LogP contribution in [0.5, 0.6) is 0 Å². The summed E-state index contributed by atoms with van der Waals surface area (Å²) in [5.41, 5.74) is 1.48. The van der Waals surface area contributed by atoms with E-state index in [1.165, 1.54) is 0 Å².